The molecule has 0 saturated heterocycles. The molecule has 0 radical (unpaired) electrons. The highest BCUT2D eigenvalue weighted by Gasteiger charge is 2.43. The average molecular weight is 479 g/mol. The second-order valence-electron chi connectivity index (χ2n) is 9.85. The van der Waals surface area contributed by atoms with Gasteiger partial charge >= 0.3 is 0 Å². The third-order valence-corrected chi connectivity index (χ3v) is 6.64. The van der Waals surface area contributed by atoms with Crippen molar-refractivity contribution in [2.45, 2.75) is 52.5 Å². The number of para-hydroxylation sites is 2. The Labute approximate surface area is 207 Å². The number of carbonyl (C=O) groups is 2. The van der Waals surface area contributed by atoms with E-state index in [0.29, 0.717) is 48.5 Å². The first-order valence-corrected chi connectivity index (χ1v) is 12.0. The zero-order valence-electron chi connectivity index (χ0n) is 21.4. The summed E-state index contributed by atoms with van der Waals surface area (Å²) in [6.45, 7) is 6.18. The summed E-state index contributed by atoms with van der Waals surface area (Å²) in [4.78, 5) is 29.3. The highest BCUT2D eigenvalue weighted by molar-refractivity contribution is 6.06. The van der Waals surface area contributed by atoms with Gasteiger partial charge < -0.3 is 19.5 Å². The van der Waals surface area contributed by atoms with E-state index in [4.69, 9.17) is 14.2 Å². The lowest BCUT2D eigenvalue weighted by Crippen LogP contribution is -2.39. The zero-order chi connectivity index (χ0) is 25.3. The Morgan fingerprint density at radius 3 is 2.31 bits per heavy atom. The van der Waals surface area contributed by atoms with Crippen LogP contribution in [0.15, 0.2) is 47.7 Å². The molecule has 0 bridgehead atoms. The van der Waals surface area contributed by atoms with Crippen LogP contribution in [0.2, 0.25) is 0 Å². The number of fused-ring (bicyclic) bond motifs is 1. The summed E-state index contributed by atoms with van der Waals surface area (Å²) in [7, 11) is 4.67. The summed E-state index contributed by atoms with van der Waals surface area (Å²) >= 11 is 0. The first-order valence-electron chi connectivity index (χ1n) is 12.0. The van der Waals surface area contributed by atoms with Gasteiger partial charge in [-0.05, 0) is 48.1 Å². The Bertz CT molecular complexity index is 1160. The maximum absolute atomic E-state index is 13.8. The normalized spacial score (nSPS) is 18.7. The molecule has 0 saturated carbocycles. The highest BCUT2D eigenvalue weighted by Crippen LogP contribution is 2.50. The summed E-state index contributed by atoms with van der Waals surface area (Å²) in [5.74, 6) is 1.39. The van der Waals surface area contributed by atoms with Crippen LogP contribution in [0.1, 0.15) is 58.1 Å². The van der Waals surface area contributed by atoms with E-state index >= 15 is 0 Å². The van der Waals surface area contributed by atoms with E-state index in [1.807, 2.05) is 43.3 Å². The number of anilines is 2. The Morgan fingerprint density at radius 2 is 1.71 bits per heavy atom. The van der Waals surface area contributed by atoms with Gasteiger partial charge in [-0.25, -0.2) is 0 Å². The van der Waals surface area contributed by atoms with Crippen LogP contribution in [0.3, 0.4) is 0 Å². The number of hydrogen-bond donors (Lipinski definition) is 1. The number of allylic oxidation sites excluding steroid dienone is 1. The number of ketones is 1. The van der Waals surface area contributed by atoms with Crippen LogP contribution in [-0.4, -0.2) is 33.0 Å². The summed E-state index contributed by atoms with van der Waals surface area (Å²) in [5, 5.41) is 3.53. The fourth-order valence-electron chi connectivity index (χ4n) is 5.17. The third kappa shape index (κ3) is 4.47. The standard InChI is InChI=1S/C28H34N2O5/c1-7-10-24(32)30-20-12-9-8-11-18(20)29-19-15-28(2,3)16-21(31)25(19)26(30)17-13-22(33-4)27(35-6)23(14-17)34-5/h8-9,11-14,26,29H,7,10,15-16H2,1-6H3/t26-/m0/s1. The van der Waals surface area contributed by atoms with Crippen molar-refractivity contribution < 1.29 is 23.8 Å². The Kier molecular flexibility index (Phi) is 6.79. The molecule has 1 aliphatic heterocycles. The zero-order valence-corrected chi connectivity index (χ0v) is 21.4. The first kappa shape index (κ1) is 24.6. The van der Waals surface area contributed by atoms with Crippen LogP contribution < -0.4 is 24.4 Å². The number of rotatable bonds is 6. The molecule has 4 rings (SSSR count). The molecule has 2 aliphatic rings. The molecular weight excluding hydrogens is 444 g/mol. The van der Waals surface area contributed by atoms with E-state index in [1.54, 1.807) is 26.2 Å². The molecule has 1 atom stereocenters. The van der Waals surface area contributed by atoms with Gasteiger partial charge in [0.1, 0.15) is 0 Å². The Morgan fingerprint density at radius 1 is 1.06 bits per heavy atom. The van der Waals surface area contributed by atoms with Gasteiger partial charge in [0.2, 0.25) is 11.7 Å². The minimum absolute atomic E-state index is 0.0320. The van der Waals surface area contributed by atoms with Crippen LogP contribution in [-0.2, 0) is 9.59 Å². The second-order valence-corrected chi connectivity index (χ2v) is 9.85. The molecule has 7 heteroatoms. The lowest BCUT2D eigenvalue weighted by Gasteiger charge is -2.37. The van der Waals surface area contributed by atoms with Crippen molar-refractivity contribution in [3.8, 4) is 17.2 Å². The Hall–Kier alpha value is -3.48. The summed E-state index contributed by atoms with van der Waals surface area (Å²) in [6, 6.07) is 10.8. The summed E-state index contributed by atoms with van der Waals surface area (Å²) in [6.07, 6.45) is 2.15. The van der Waals surface area contributed by atoms with E-state index in [2.05, 4.69) is 19.2 Å². The van der Waals surface area contributed by atoms with Gasteiger partial charge in [0.15, 0.2) is 17.3 Å². The molecule has 1 amide bonds. The number of nitrogens with one attached hydrogen (secondary N) is 1. The van der Waals surface area contributed by atoms with E-state index < -0.39 is 6.04 Å². The van der Waals surface area contributed by atoms with E-state index in [1.165, 1.54) is 0 Å². The molecule has 7 nitrogen and oxygen atoms in total. The van der Waals surface area contributed by atoms with Crippen molar-refractivity contribution in [3.63, 3.8) is 0 Å². The van der Waals surface area contributed by atoms with E-state index in [9.17, 15) is 9.59 Å². The van der Waals surface area contributed by atoms with Crippen molar-refractivity contribution >= 4 is 23.1 Å². The van der Waals surface area contributed by atoms with Crippen molar-refractivity contribution in [2.24, 2.45) is 5.41 Å². The van der Waals surface area contributed by atoms with Crippen LogP contribution >= 0.6 is 0 Å². The minimum atomic E-state index is -0.641. The number of amides is 1. The number of benzene rings is 2. The molecule has 1 heterocycles. The SMILES string of the molecule is CCCC(=O)N1c2ccccc2NC2=C(C(=O)CC(C)(C)C2)[C@@H]1c1cc(OC)c(OC)c(OC)c1. The number of methoxy groups -OCH3 is 3. The van der Waals surface area contributed by atoms with Gasteiger partial charge in [-0.1, -0.05) is 32.9 Å². The molecule has 0 spiro atoms. The summed E-state index contributed by atoms with van der Waals surface area (Å²) in [5.41, 5.74) is 3.54. The number of carbonyl (C=O) groups excluding carboxylic acids is 2. The minimum Gasteiger partial charge on any atom is -0.493 e. The van der Waals surface area contributed by atoms with Crippen LogP contribution in [0.4, 0.5) is 11.4 Å². The fraction of sp³-hybridized carbons (Fsp3) is 0.429. The molecule has 1 N–H and O–H groups in total. The van der Waals surface area contributed by atoms with Crippen molar-refractivity contribution in [2.75, 3.05) is 31.5 Å². The first-order chi connectivity index (χ1) is 16.7. The smallest absolute Gasteiger partial charge is 0.227 e. The summed E-state index contributed by atoms with van der Waals surface area (Å²) < 4.78 is 16.8. The van der Waals surface area contributed by atoms with Gasteiger partial charge in [-0.2, -0.15) is 0 Å². The molecule has 35 heavy (non-hydrogen) atoms. The third-order valence-electron chi connectivity index (χ3n) is 6.64. The number of Topliss-reactive ketones (excluding diaryl/α,β-unsaturated/α-hetero) is 1. The van der Waals surface area contributed by atoms with E-state index in [-0.39, 0.29) is 17.1 Å². The molecule has 1 aliphatic carbocycles. The maximum Gasteiger partial charge on any atom is 0.227 e. The predicted octanol–water partition coefficient (Wildman–Crippen LogP) is 5.66. The van der Waals surface area contributed by atoms with Crippen molar-refractivity contribution in [1.82, 2.24) is 0 Å². The van der Waals surface area contributed by atoms with E-state index in [0.717, 1.165) is 22.6 Å². The van der Waals surface area contributed by atoms with Gasteiger partial charge in [0.25, 0.3) is 0 Å². The molecule has 2 aromatic carbocycles. The quantitative estimate of drug-likeness (QED) is 0.578. The van der Waals surface area contributed by atoms with Gasteiger partial charge in [0, 0.05) is 24.1 Å². The molecule has 186 valence electrons. The van der Waals surface area contributed by atoms with Crippen molar-refractivity contribution in [1.29, 1.82) is 0 Å². The van der Waals surface area contributed by atoms with Crippen LogP contribution in [0, 0.1) is 5.41 Å². The Balaban J connectivity index is 2.05. The second kappa shape index (κ2) is 9.64. The molecule has 0 aromatic heterocycles. The predicted molar refractivity (Wildman–Crippen MR) is 136 cm³/mol. The maximum atomic E-state index is 13.8. The monoisotopic (exact) mass is 478 g/mol. The number of ether oxygens (including phenoxy) is 3. The van der Waals surface area contributed by atoms with Crippen LogP contribution in [0.5, 0.6) is 17.2 Å². The van der Waals surface area contributed by atoms with Gasteiger partial charge in [-0.3, -0.25) is 14.5 Å². The average Bonchev–Trinajstić information content (AvgIpc) is 2.96. The fourth-order valence-corrected chi connectivity index (χ4v) is 5.17. The van der Waals surface area contributed by atoms with Crippen LogP contribution in [0.25, 0.3) is 0 Å². The van der Waals surface area contributed by atoms with Gasteiger partial charge in [-0.15, -0.1) is 0 Å². The van der Waals surface area contributed by atoms with Gasteiger partial charge in [0.05, 0.1) is 38.7 Å². The number of nitrogens with zero attached hydrogens (tertiary/aromatic N) is 1. The molecule has 0 unspecified atom stereocenters. The van der Waals surface area contributed by atoms with Crippen molar-refractivity contribution in [3.05, 3.63) is 53.2 Å². The molecule has 0 fully saturated rings. The lowest BCUT2D eigenvalue weighted by molar-refractivity contribution is -0.119. The number of hydrogen-bond acceptors (Lipinski definition) is 6. The largest absolute Gasteiger partial charge is 0.493 e. The molecule has 2 aromatic rings. The molecular formula is C28H34N2O5. The topological polar surface area (TPSA) is 77.1 Å². The highest BCUT2D eigenvalue weighted by atomic mass is 16.5. The lowest BCUT2D eigenvalue weighted by atomic mass is 9.73.